The summed E-state index contributed by atoms with van der Waals surface area (Å²) in [4.78, 5) is 12.4. The minimum Gasteiger partial charge on any atom is -0.496 e. The predicted octanol–water partition coefficient (Wildman–Crippen LogP) is 5.74. The van der Waals surface area contributed by atoms with Gasteiger partial charge < -0.3 is 20.1 Å². The molecule has 0 aromatic heterocycles. The second-order valence-corrected chi connectivity index (χ2v) is 8.44. The summed E-state index contributed by atoms with van der Waals surface area (Å²) in [5.74, 6) is 1.44. The first-order chi connectivity index (χ1) is 14.6. The molecule has 2 aromatic rings. The summed E-state index contributed by atoms with van der Waals surface area (Å²) in [6, 6.07) is 8.77. The number of benzene rings is 2. The fraction of sp³-hybridized carbons (Fsp3) is 0.423. The Morgan fingerprint density at radius 2 is 1.48 bits per heavy atom. The van der Waals surface area contributed by atoms with Crippen LogP contribution in [0.1, 0.15) is 51.3 Å². The van der Waals surface area contributed by atoms with E-state index in [0.29, 0.717) is 11.6 Å². The number of anilines is 1. The van der Waals surface area contributed by atoms with Gasteiger partial charge in [-0.25, -0.2) is 0 Å². The van der Waals surface area contributed by atoms with Crippen LogP contribution in [0, 0.1) is 13.8 Å². The maximum absolute atomic E-state index is 12.4. The Bertz CT molecular complexity index is 958. The fourth-order valence-electron chi connectivity index (χ4n) is 3.73. The highest BCUT2D eigenvalue weighted by atomic mass is 16.5. The topological polar surface area (TPSA) is 59.6 Å². The molecule has 5 nitrogen and oxygen atoms in total. The Hall–Kier alpha value is -2.95. The van der Waals surface area contributed by atoms with E-state index >= 15 is 0 Å². The Kier molecular flexibility index (Phi) is 8.14. The molecule has 0 saturated heterocycles. The zero-order valence-corrected chi connectivity index (χ0v) is 20.3. The van der Waals surface area contributed by atoms with Gasteiger partial charge in [0.05, 0.1) is 14.2 Å². The molecule has 0 unspecified atom stereocenters. The van der Waals surface area contributed by atoms with Gasteiger partial charge in [-0.2, -0.15) is 0 Å². The smallest absolute Gasteiger partial charge is 0.247 e. The monoisotopic (exact) mass is 424 g/mol. The zero-order valence-electron chi connectivity index (χ0n) is 20.3. The Morgan fingerprint density at radius 1 is 0.903 bits per heavy atom. The number of methoxy groups -OCH3 is 2. The van der Waals surface area contributed by atoms with Crippen LogP contribution in [0.3, 0.4) is 0 Å². The van der Waals surface area contributed by atoms with Crippen LogP contribution < -0.4 is 20.1 Å². The lowest BCUT2D eigenvalue weighted by atomic mass is 9.91. The van der Waals surface area contributed by atoms with Crippen LogP contribution in [0.2, 0.25) is 0 Å². The van der Waals surface area contributed by atoms with Crippen LogP contribution in [0.5, 0.6) is 11.5 Å². The van der Waals surface area contributed by atoms with Crippen LogP contribution >= 0.6 is 0 Å². The van der Waals surface area contributed by atoms with E-state index in [0.717, 1.165) is 45.0 Å². The molecule has 0 spiro atoms. The van der Waals surface area contributed by atoms with E-state index in [-0.39, 0.29) is 11.9 Å². The first-order valence-electron chi connectivity index (χ1n) is 10.7. The maximum Gasteiger partial charge on any atom is 0.247 e. The third kappa shape index (κ3) is 5.60. The fourth-order valence-corrected chi connectivity index (χ4v) is 3.73. The van der Waals surface area contributed by atoms with Gasteiger partial charge in [-0.3, -0.25) is 4.79 Å². The first kappa shape index (κ1) is 24.3. The highest BCUT2D eigenvalue weighted by molar-refractivity contribution is 5.98. The molecule has 0 saturated carbocycles. The van der Waals surface area contributed by atoms with Crippen LogP contribution in [-0.2, 0) is 4.79 Å². The third-order valence-electron chi connectivity index (χ3n) is 5.11. The van der Waals surface area contributed by atoms with E-state index in [2.05, 4.69) is 48.7 Å². The van der Waals surface area contributed by atoms with Gasteiger partial charge in [-0.1, -0.05) is 12.1 Å². The number of amides is 1. The molecular weight excluding hydrogens is 388 g/mol. The van der Waals surface area contributed by atoms with E-state index in [9.17, 15) is 4.79 Å². The highest BCUT2D eigenvalue weighted by Gasteiger charge is 2.22. The van der Waals surface area contributed by atoms with Crippen molar-refractivity contribution in [2.45, 2.75) is 60.5 Å². The maximum atomic E-state index is 12.4. The van der Waals surface area contributed by atoms with Gasteiger partial charge in [-0.05, 0) is 72.2 Å². The van der Waals surface area contributed by atoms with Crippen molar-refractivity contribution < 1.29 is 14.3 Å². The summed E-state index contributed by atoms with van der Waals surface area (Å²) in [6.45, 7) is 14.0. The quantitative estimate of drug-likeness (QED) is 0.531. The van der Waals surface area contributed by atoms with E-state index in [1.165, 1.54) is 0 Å². The number of carbonyl (C=O) groups is 1. The van der Waals surface area contributed by atoms with Gasteiger partial charge in [0.2, 0.25) is 5.91 Å². The van der Waals surface area contributed by atoms with Crippen molar-refractivity contribution in [1.29, 1.82) is 0 Å². The first-order valence-corrected chi connectivity index (χ1v) is 10.7. The molecule has 0 bridgehead atoms. The van der Waals surface area contributed by atoms with Crippen molar-refractivity contribution in [1.82, 2.24) is 5.32 Å². The summed E-state index contributed by atoms with van der Waals surface area (Å²) in [5.41, 5.74) is 6.50. The zero-order chi connectivity index (χ0) is 23.3. The lowest BCUT2D eigenvalue weighted by Crippen LogP contribution is -2.30. The average molecular weight is 425 g/mol. The summed E-state index contributed by atoms with van der Waals surface area (Å²) in [5, 5.41) is 6.35. The van der Waals surface area contributed by atoms with Gasteiger partial charge >= 0.3 is 0 Å². The Labute approximate surface area is 186 Å². The van der Waals surface area contributed by atoms with E-state index in [4.69, 9.17) is 9.47 Å². The highest BCUT2D eigenvalue weighted by Crippen LogP contribution is 2.44. The van der Waals surface area contributed by atoms with Crippen LogP contribution in [-0.4, -0.2) is 32.2 Å². The number of rotatable bonds is 8. The average Bonchev–Trinajstić information content (AvgIpc) is 2.70. The van der Waals surface area contributed by atoms with Crippen LogP contribution in [0.4, 0.5) is 5.69 Å². The summed E-state index contributed by atoms with van der Waals surface area (Å²) in [6.07, 6.45) is 1.88. The van der Waals surface area contributed by atoms with Gasteiger partial charge in [0.25, 0.3) is 0 Å². The van der Waals surface area contributed by atoms with Gasteiger partial charge in [0.1, 0.15) is 11.5 Å². The minimum absolute atomic E-state index is 0.0747. The molecule has 0 radical (unpaired) electrons. The number of hydrogen-bond donors (Lipinski definition) is 2. The molecule has 2 rings (SSSR count). The SMILES string of the molecule is COc1c(C)c(-c2ccc(NC(C)C)cc2)c(OC)c(C)c1/C=C(\C)C(=O)NC(C)C. The van der Waals surface area contributed by atoms with Gasteiger partial charge in [-0.15, -0.1) is 0 Å². The van der Waals surface area contributed by atoms with E-state index in [1.807, 2.05) is 40.7 Å². The Balaban J connectivity index is 2.64. The standard InChI is InChI=1S/C26H36N2O3/c1-15(2)27-21-12-10-20(11-13-21)23-19(7)24(30-8)22(18(6)25(23)31-9)14-17(5)26(29)28-16(3)4/h10-16,27H,1-9H3,(H,28,29)/b17-14+. The molecule has 0 atom stereocenters. The van der Waals surface area contributed by atoms with Crippen LogP contribution in [0.25, 0.3) is 17.2 Å². The molecule has 0 fully saturated rings. The molecule has 2 aromatic carbocycles. The van der Waals surface area contributed by atoms with Crippen molar-refractivity contribution in [3.05, 3.63) is 46.5 Å². The number of carbonyl (C=O) groups excluding carboxylic acids is 1. The summed E-state index contributed by atoms with van der Waals surface area (Å²) in [7, 11) is 3.34. The predicted molar refractivity (Wildman–Crippen MR) is 130 cm³/mol. The van der Waals surface area contributed by atoms with Crippen LogP contribution in [0.15, 0.2) is 29.8 Å². The number of hydrogen-bond acceptors (Lipinski definition) is 4. The van der Waals surface area contributed by atoms with Crippen molar-refractivity contribution in [3.63, 3.8) is 0 Å². The Morgan fingerprint density at radius 3 is 1.97 bits per heavy atom. The van der Waals surface area contributed by atoms with Crippen molar-refractivity contribution in [3.8, 4) is 22.6 Å². The van der Waals surface area contributed by atoms with Crippen molar-refractivity contribution in [2.24, 2.45) is 0 Å². The van der Waals surface area contributed by atoms with Gasteiger partial charge in [0, 0.05) is 45.6 Å². The molecule has 0 aliphatic carbocycles. The second kappa shape index (κ2) is 10.4. The van der Waals surface area contributed by atoms with E-state index in [1.54, 1.807) is 14.2 Å². The van der Waals surface area contributed by atoms with Crippen molar-refractivity contribution in [2.75, 3.05) is 19.5 Å². The third-order valence-corrected chi connectivity index (χ3v) is 5.11. The molecule has 5 heteroatoms. The summed E-state index contributed by atoms with van der Waals surface area (Å²) < 4.78 is 11.7. The molecule has 1 amide bonds. The number of nitrogens with one attached hydrogen (secondary N) is 2. The lowest BCUT2D eigenvalue weighted by molar-refractivity contribution is -0.117. The molecule has 31 heavy (non-hydrogen) atoms. The molecule has 2 N–H and O–H groups in total. The summed E-state index contributed by atoms with van der Waals surface area (Å²) >= 11 is 0. The molecule has 0 heterocycles. The van der Waals surface area contributed by atoms with Gasteiger partial charge in [0.15, 0.2) is 0 Å². The second-order valence-electron chi connectivity index (χ2n) is 8.44. The molecule has 168 valence electrons. The largest absolute Gasteiger partial charge is 0.496 e. The minimum atomic E-state index is -0.0922. The van der Waals surface area contributed by atoms with E-state index < -0.39 is 0 Å². The molecule has 0 aliphatic heterocycles. The lowest BCUT2D eigenvalue weighted by Gasteiger charge is -2.22. The normalized spacial score (nSPS) is 11.6. The van der Waals surface area contributed by atoms with Crippen molar-refractivity contribution >= 4 is 17.7 Å². The molecule has 0 aliphatic rings. The number of ether oxygens (including phenoxy) is 2. The molecular formula is C26H36N2O3.